The number of rotatable bonds is 5. The second-order valence-electron chi connectivity index (χ2n) is 6.90. The molecule has 0 saturated carbocycles. The number of carbonyl (C=O) groups excluding carboxylic acids is 1. The van der Waals surface area contributed by atoms with E-state index in [0.717, 1.165) is 11.1 Å². The molecule has 3 heteroatoms. The average molecular weight is 346 g/mol. The van der Waals surface area contributed by atoms with Gasteiger partial charge in [0.05, 0.1) is 12.5 Å². The van der Waals surface area contributed by atoms with Gasteiger partial charge in [-0.15, -0.1) is 0 Å². The highest BCUT2D eigenvalue weighted by molar-refractivity contribution is 5.74. The lowest BCUT2D eigenvalue weighted by molar-refractivity contribution is -0.148. The lowest BCUT2D eigenvalue weighted by atomic mass is 9.89. The van der Waals surface area contributed by atoms with E-state index in [0.29, 0.717) is 19.3 Å². The highest BCUT2D eigenvalue weighted by Crippen LogP contribution is 2.44. The van der Waals surface area contributed by atoms with Crippen LogP contribution in [-0.2, 0) is 14.3 Å². The third-order valence-electron chi connectivity index (χ3n) is 5.02. The van der Waals surface area contributed by atoms with Crippen LogP contribution in [0.1, 0.15) is 30.4 Å². The lowest BCUT2D eigenvalue weighted by Gasteiger charge is -2.24. The smallest absolute Gasteiger partial charge is 0.309 e. The topological polar surface area (TPSA) is 35.5 Å². The molecule has 2 saturated heterocycles. The van der Waals surface area contributed by atoms with E-state index in [4.69, 9.17) is 9.47 Å². The van der Waals surface area contributed by atoms with Crippen LogP contribution in [0.5, 0.6) is 0 Å². The minimum atomic E-state index is -0.534. The molecule has 0 aromatic heterocycles. The Morgan fingerprint density at radius 2 is 1.62 bits per heavy atom. The third-order valence-corrected chi connectivity index (χ3v) is 5.02. The van der Waals surface area contributed by atoms with Crippen molar-refractivity contribution in [2.45, 2.75) is 37.1 Å². The van der Waals surface area contributed by atoms with Crippen LogP contribution in [0.15, 0.2) is 72.8 Å². The summed E-state index contributed by atoms with van der Waals surface area (Å²) in [4.78, 5) is 11.8. The Kier molecular flexibility index (Phi) is 4.72. The van der Waals surface area contributed by atoms with Crippen LogP contribution in [-0.4, -0.2) is 23.8 Å². The predicted octanol–water partition coefficient (Wildman–Crippen LogP) is 4.65. The van der Waals surface area contributed by atoms with Gasteiger partial charge in [-0.25, -0.2) is 0 Å². The summed E-state index contributed by atoms with van der Waals surface area (Å²) in [6.07, 6.45) is 9.83. The van der Waals surface area contributed by atoms with E-state index >= 15 is 0 Å². The molecular weight excluding hydrogens is 324 g/mol. The monoisotopic (exact) mass is 346 g/mol. The molecule has 2 aliphatic heterocycles. The highest BCUT2D eigenvalue weighted by atomic mass is 16.6. The van der Waals surface area contributed by atoms with Crippen LogP contribution in [0.3, 0.4) is 0 Å². The molecular formula is C23H22O3. The molecule has 4 rings (SSSR count). The van der Waals surface area contributed by atoms with Gasteiger partial charge in [0.1, 0.15) is 11.7 Å². The fourth-order valence-corrected chi connectivity index (χ4v) is 3.73. The Bertz CT molecular complexity index is 810. The molecule has 2 fully saturated rings. The van der Waals surface area contributed by atoms with Gasteiger partial charge >= 0.3 is 5.97 Å². The summed E-state index contributed by atoms with van der Waals surface area (Å²) in [5.41, 5.74) is 1.75. The Morgan fingerprint density at radius 3 is 2.31 bits per heavy atom. The minimum Gasteiger partial charge on any atom is -0.456 e. The summed E-state index contributed by atoms with van der Waals surface area (Å²) in [6, 6.07) is 20.3. The van der Waals surface area contributed by atoms with E-state index in [1.165, 1.54) is 0 Å². The van der Waals surface area contributed by atoms with E-state index in [1.54, 1.807) is 0 Å². The van der Waals surface area contributed by atoms with Gasteiger partial charge in [-0.2, -0.15) is 0 Å². The van der Waals surface area contributed by atoms with Gasteiger partial charge in [0, 0.05) is 12.8 Å². The maximum absolute atomic E-state index is 11.8. The predicted molar refractivity (Wildman–Crippen MR) is 102 cm³/mol. The van der Waals surface area contributed by atoms with Crippen LogP contribution in [0.25, 0.3) is 12.2 Å². The van der Waals surface area contributed by atoms with Crippen LogP contribution in [0, 0.1) is 0 Å². The normalized spacial score (nSPS) is 27.9. The van der Waals surface area contributed by atoms with E-state index in [2.05, 4.69) is 48.6 Å². The maximum Gasteiger partial charge on any atom is 0.309 e. The van der Waals surface area contributed by atoms with Gasteiger partial charge in [0.15, 0.2) is 0 Å². The first-order valence-corrected chi connectivity index (χ1v) is 9.06. The minimum absolute atomic E-state index is 0.0292. The van der Waals surface area contributed by atoms with Crippen molar-refractivity contribution in [3.05, 3.63) is 83.9 Å². The van der Waals surface area contributed by atoms with E-state index in [1.807, 2.05) is 36.4 Å². The van der Waals surface area contributed by atoms with Crippen molar-refractivity contribution in [2.75, 3.05) is 0 Å². The highest BCUT2D eigenvalue weighted by Gasteiger charge is 2.55. The van der Waals surface area contributed by atoms with Gasteiger partial charge in [0.25, 0.3) is 0 Å². The SMILES string of the molecule is O=C1C[C@@H]2O[C@@H](/C=C/c3ccccc3)C[C@]2(C/C=C/c2ccccc2)O1. The number of hydrogen-bond donors (Lipinski definition) is 0. The largest absolute Gasteiger partial charge is 0.456 e. The molecule has 132 valence electrons. The molecule has 26 heavy (non-hydrogen) atoms. The van der Waals surface area contributed by atoms with Gasteiger partial charge in [-0.3, -0.25) is 4.79 Å². The molecule has 0 unspecified atom stereocenters. The molecule has 2 aromatic carbocycles. The zero-order valence-electron chi connectivity index (χ0n) is 14.6. The van der Waals surface area contributed by atoms with Crippen molar-refractivity contribution in [1.29, 1.82) is 0 Å². The number of esters is 1. The van der Waals surface area contributed by atoms with Crippen molar-refractivity contribution >= 4 is 18.1 Å². The second kappa shape index (κ2) is 7.30. The molecule has 3 atom stereocenters. The number of hydrogen-bond acceptors (Lipinski definition) is 3. The lowest BCUT2D eigenvalue weighted by Crippen LogP contribution is -2.34. The zero-order valence-corrected chi connectivity index (χ0v) is 14.6. The van der Waals surface area contributed by atoms with Crippen LogP contribution in [0.2, 0.25) is 0 Å². The summed E-state index contributed by atoms with van der Waals surface area (Å²) in [5, 5.41) is 0. The molecule has 0 amide bonds. The average Bonchev–Trinajstić information content (AvgIpc) is 3.13. The van der Waals surface area contributed by atoms with Crippen LogP contribution >= 0.6 is 0 Å². The van der Waals surface area contributed by atoms with Gasteiger partial charge < -0.3 is 9.47 Å². The van der Waals surface area contributed by atoms with Crippen molar-refractivity contribution in [3.63, 3.8) is 0 Å². The number of fused-ring (bicyclic) bond motifs is 1. The summed E-state index contributed by atoms with van der Waals surface area (Å²) in [6.45, 7) is 0. The van der Waals surface area contributed by atoms with Crippen molar-refractivity contribution in [2.24, 2.45) is 0 Å². The van der Waals surface area contributed by atoms with Crippen LogP contribution in [0.4, 0.5) is 0 Å². The molecule has 0 spiro atoms. The quantitative estimate of drug-likeness (QED) is 0.740. The molecule has 2 aromatic rings. The summed E-state index contributed by atoms with van der Waals surface area (Å²) in [7, 11) is 0. The number of carbonyl (C=O) groups is 1. The van der Waals surface area contributed by atoms with E-state index < -0.39 is 5.60 Å². The third kappa shape index (κ3) is 3.63. The fraction of sp³-hybridized carbons (Fsp3) is 0.261. The summed E-state index contributed by atoms with van der Waals surface area (Å²) >= 11 is 0. The Morgan fingerprint density at radius 1 is 0.962 bits per heavy atom. The first kappa shape index (κ1) is 16.8. The van der Waals surface area contributed by atoms with Gasteiger partial charge in [0.2, 0.25) is 0 Å². The maximum atomic E-state index is 11.8. The second-order valence-corrected chi connectivity index (χ2v) is 6.90. The van der Waals surface area contributed by atoms with Crippen molar-refractivity contribution in [3.8, 4) is 0 Å². The fourth-order valence-electron chi connectivity index (χ4n) is 3.73. The first-order chi connectivity index (χ1) is 12.7. The van der Waals surface area contributed by atoms with Crippen molar-refractivity contribution < 1.29 is 14.3 Å². The molecule has 0 N–H and O–H groups in total. The Hall–Kier alpha value is -2.65. The summed E-state index contributed by atoms with van der Waals surface area (Å²) < 4.78 is 11.9. The molecule has 3 nitrogen and oxygen atoms in total. The molecule has 2 aliphatic rings. The Labute approximate surface area is 154 Å². The zero-order chi connectivity index (χ0) is 17.8. The number of ether oxygens (including phenoxy) is 2. The molecule has 0 bridgehead atoms. The van der Waals surface area contributed by atoms with Crippen molar-refractivity contribution in [1.82, 2.24) is 0 Å². The van der Waals surface area contributed by atoms with Gasteiger partial charge in [-0.1, -0.05) is 85.0 Å². The Balaban J connectivity index is 1.45. The number of benzene rings is 2. The van der Waals surface area contributed by atoms with E-state index in [-0.39, 0.29) is 18.2 Å². The first-order valence-electron chi connectivity index (χ1n) is 9.06. The molecule has 0 aliphatic carbocycles. The van der Waals surface area contributed by atoms with Crippen LogP contribution < -0.4 is 0 Å². The molecule has 0 radical (unpaired) electrons. The molecule has 2 heterocycles. The van der Waals surface area contributed by atoms with Gasteiger partial charge in [-0.05, 0) is 11.1 Å². The summed E-state index contributed by atoms with van der Waals surface area (Å²) in [5.74, 6) is -0.159. The standard InChI is InChI=1S/C23H22O3/c24-22-16-21-23(26-22,15-7-12-18-8-3-1-4-9-18)17-20(25-21)14-13-19-10-5-2-6-11-19/h1-14,20-21H,15-17H2/b12-7+,14-13+/t20-,21-,23-/m0/s1. The van der Waals surface area contributed by atoms with E-state index in [9.17, 15) is 4.79 Å².